The lowest BCUT2D eigenvalue weighted by atomic mass is 9.93. The molecule has 27 heavy (non-hydrogen) atoms. The number of phenolic OH excluding ortho intramolecular Hbond substituents is 1. The summed E-state index contributed by atoms with van der Waals surface area (Å²) in [5, 5.41) is 14.8. The van der Waals surface area contributed by atoms with Crippen molar-refractivity contribution in [1.82, 2.24) is 0 Å². The number of aryl methyl sites for hydroxylation is 2. The van der Waals surface area contributed by atoms with Crippen LogP contribution in [0.2, 0.25) is 0 Å². The van der Waals surface area contributed by atoms with Gasteiger partial charge < -0.3 is 19.6 Å². The maximum Gasteiger partial charge on any atom is 0.338 e. The van der Waals surface area contributed by atoms with Crippen molar-refractivity contribution in [1.29, 1.82) is 0 Å². The molecule has 1 aromatic heterocycles. The van der Waals surface area contributed by atoms with Crippen LogP contribution < -0.4 is 5.32 Å². The Kier molecular flexibility index (Phi) is 4.75. The predicted molar refractivity (Wildman–Crippen MR) is 104 cm³/mol. The van der Waals surface area contributed by atoms with Crippen molar-refractivity contribution in [2.45, 2.75) is 39.2 Å². The molecule has 0 amide bonds. The van der Waals surface area contributed by atoms with Crippen LogP contribution in [0.1, 0.15) is 47.0 Å². The molecule has 1 aliphatic rings. The number of nitrogens with one attached hydrogen (secondary N) is 1. The highest BCUT2D eigenvalue weighted by atomic mass is 16.5. The molecular weight excluding hydrogens is 342 g/mol. The second-order valence-electron chi connectivity index (χ2n) is 6.80. The summed E-state index contributed by atoms with van der Waals surface area (Å²) in [6.07, 6.45) is 4.26. The van der Waals surface area contributed by atoms with Crippen LogP contribution >= 0.6 is 0 Å². The number of anilines is 1. The van der Waals surface area contributed by atoms with Gasteiger partial charge in [0.25, 0.3) is 0 Å². The zero-order valence-electron chi connectivity index (χ0n) is 15.4. The Morgan fingerprint density at radius 2 is 1.93 bits per heavy atom. The highest BCUT2D eigenvalue weighted by Gasteiger charge is 2.21. The molecule has 140 valence electrons. The summed E-state index contributed by atoms with van der Waals surface area (Å²) < 4.78 is 11.0. The number of furan rings is 1. The maximum atomic E-state index is 11.7. The van der Waals surface area contributed by atoms with E-state index in [1.165, 1.54) is 5.56 Å². The van der Waals surface area contributed by atoms with Gasteiger partial charge in [0.15, 0.2) is 0 Å². The largest absolute Gasteiger partial charge is 0.508 e. The minimum absolute atomic E-state index is 0.271. The summed E-state index contributed by atoms with van der Waals surface area (Å²) >= 11 is 0. The Labute approximate surface area is 157 Å². The SMILES string of the molecule is CCOC(=O)c1ccc(NCc2c(O)ccc3oc4c(c23)CCCC4)cc1. The van der Waals surface area contributed by atoms with Crippen LogP contribution in [0.4, 0.5) is 5.69 Å². The number of aromatic hydroxyl groups is 1. The molecule has 0 unspecified atom stereocenters. The first kappa shape index (κ1) is 17.5. The third-order valence-corrected chi connectivity index (χ3v) is 5.07. The van der Waals surface area contributed by atoms with Crippen molar-refractivity contribution in [3.8, 4) is 5.75 Å². The molecule has 0 bridgehead atoms. The van der Waals surface area contributed by atoms with E-state index in [2.05, 4.69) is 5.32 Å². The second-order valence-corrected chi connectivity index (χ2v) is 6.80. The van der Waals surface area contributed by atoms with Gasteiger partial charge in [-0.3, -0.25) is 0 Å². The minimum atomic E-state index is -0.323. The van der Waals surface area contributed by atoms with Crippen LogP contribution in [0.15, 0.2) is 40.8 Å². The van der Waals surface area contributed by atoms with E-state index in [1.54, 1.807) is 25.1 Å². The van der Waals surface area contributed by atoms with Crippen molar-refractivity contribution in [2.24, 2.45) is 0 Å². The predicted octanol–water partition coefficient (Wildman–Crippen LogP) is 4.81. The Bertz CT molecular complexity index is 972. The van der Waals surface area contributed by atoms with Gasteiger partial charge in [-0.1, -0.05) is 0 Å². The number of hydrogen-bond acceptors (Lipinski definition) is 5. The van der Waals surface area contributed by atoms with Gasteiger partial charge in [-0.25, -0.2) is 4.79 Å². The zero-order chi connectivity index (χ0) is 18.8. The van der Waals surface area contributed by atoms with E-state index in [-0.39, 0.29) is 11.7 Å². The Morgan fingerprint density at radius 1 is 1.15 bits per heavy atom. The molecule has 5 heteroatoms. The van der Waals surface area contributed by atoms with Crippen LogP contribution in [0, 0.1) is 0 Å². The average Bonchev–Trinajstić information content (AvgIpc) is 3.07. The first-order valence-corrected chi connectivity index (χ1v) is 9.43. The number of ether oxygens (including phenoxy) is 1. The lowest BCUT2D eigenvalue weighted by molar-refractivity contribution is 0.0526. The van der Waals surface area contributed by atoms with Crippen LogP contribution in [0.25, 0.3) is 11.0 Å². The first-order chi connectivity index (χ1) is 13.2. The van der Waals surface area contributed by atoms with Gasteiger partial charge in [0.05, 0.1) is 12.2 Å². The number of hydrogen-bond donors (Lipinski definition) is 2. The molecule has 0 saturated heterocycles. The first-order valence-electron chi connectivity index (χ1n) is 9.43. The zero-order valence-corrected chi connectivity index (χ0v) is 15.4. The highest BCUT2D eigenvalue weighted by molar-refractivity contribution is 5.90. The summed E-state index contributed by atoms with van der Waals surface area (Å²) in [6, 6.07) is 10.7. The van der Waals surface area contributed by atoms with Crippen LogP contribution in [-0.4, -0.2) is 17.7 Å². The molecule has 2 aromatic carbocycles. The van der Waals surface area contributed by atoms with Crippen molar-refractivity contribution < 1.29 is 19.1 Å². The van der Waals surface area contributed by atoms with Gasteiger partial charge in [0.1, 0.15) is 17.1 Å². The molecule has 0 fully saturated rings. The van der Waals surface area contributed by atoms with Crippen LogP contribution in [-0.2, 0) is 24.1 Å². The van der Waals surface area contributed by atoms with Crippen LogP contribution in [0.5, 0.6) is 5.75 Å². The molecular formula is C22H23NO4. The van der Waals surface area contributed by atoms with Gasteiger partial charge in [-0.15, -0.1) is 0 Å². The topological polar surface area (TPSA) is 71.7 Å². The molecule has 0 saturated carbocycles. The normalized spacial score (nSPS) is 13.4. The van der Waals surface area contributed by atoms with Gasteiger partial charge in [0, 0.05) is 35.2 Å². The highest BCUT2D eigenvalue weighted by Crippen LogP contribution is 2.37. The van der Waals surface area contributed by atoms with Crippen molar-refractivity contribution in [3.05, 3.63) is 58.8 Å². The standard InChI is InChI=1S/C22H23NO4/c1-2-26-22(25)14-7-9-15(10-8-14)23-13-17-18(24)11-12-20-21(17)16-5-3-4-6-19(16)27-20/h7-12,23-24H,2-6,13H2,1H3. The number of rotatable bonds is 5. The Morgan fingerprint density at radius 3 is 2.70 bits per heavy atom. The lowest BCUT2D eigenvalue weighted by Gasteiger charge is -2.13. The van der Waals surface area contributed by atoms with E-state index in [0.717, 1.165) is 53.7 Å². The molecule has 5 nitrogen and oxygen atoms in total. The fourth-order valence-electron chi connectivity index (χ4n) is 3.73. The van der Waals surface area contributed by atoms with Gasteiger partial charge in [-0.2, -0.15) is 0 Å². The smallest absolute Gasteiger partial charge is 0.338 e. The number of carbonyl (C=O) groups excluding carboxylic acids is 1. The monoisotopic (exact) mass is 365 g/mol. The number of esters is 1. The molecule has 1 heterocycles. The molecule has 0 aliphatic heterocycles. The number of carbonyl (C=O) groups is 1. The molecule has 0 radical (unpaired) electrons. The fraction of sp³-hybridized carbons (Fsp3) is 0.318. The Balaban J connectivity index is 1.58. The molecule has 0 spiro atoms. The second kappa shape index (κ2) is 7.35. The van der Waals surface area contributed by atoms with Crippen molar-refractivity contribution in [3.63, 3.8) is 0 Å². The maximum absolute atomic E-state index is 11.7. The van der Waals surface area contributed by atoms with Gasteiger partial charge in [0.2, 0.25) is 0 Å². The third kappa shape index (κ3) is 3.37. The summed E-state index contributed by atoms with van der Waals surface area (Å²) in [5.74, 6) is 1.01. The van der Waals surface area contributed by atoms with Crippen LogP contribution in [0.3, 0.4) is 0 Å². The summed E-state index contributed by atoms with van der Waals surface area (Å²) in [5.41, 5.74) is 4.33. The van der Waals surface area contributed by atoms with E-state index in [9.17, 15) is 9.90 Å². The summed E-state index contributed by atoms with van der Waals surface area (Å²) in [7, 11) is 0. The van der Waals surface area contributed by atoms with Crippen molar-refractivity contribution in [2.75, 3.05) is 11.9 Å². The number of benzene rings is 2. The number of fused-ring (bicyclic) bond motifs is 3. The minimum Gasteiger partial charge on any atom is -0.508 e. The summed E-state index contributed by atoms with van der Waals surface area (Å²) in [6.45, 7) is 2.63. The van der Waals surface area contributed by atoms with E-state index in [0.29, 0.717) is 18.7 Å². The van der Waals surface area contributed by atoms with E-state index >= 15 is 0 Å². The molecule has 4 rings (SSSR count). The van der Waals surface area contributed by atoms with Gasteiger partial charge in [-0.05, 0) is 62.6 Å². The summed E-state index contributed by atoms with van der Waals surface area (Å²) in [4.78, 5) is 11.7. The fourth-order valence-corrected chi connectivity index (χ4v) is 3.73. The molecule has 3 aromatic rings. The van der Waals surface area contributed by atoms with E-state index in [1.807, 2.05) is 18.2 Å². The van der Waals surface area contributed by atoms with Crippen molar-refractivity contribution >= 4 is 22.6 Å². The van der Waals surface area contributed by atoms with Gasteiger partial charge >= 0.3 is 5.97 Å². The third-order valence-electron chi connectivity index (χ3n) is 5.07. The molecule has 1 aliphatic carbocycles. The quantitative estimate of drug-likeness (QED) is 0.635. The lowest BCUT2D eigenvalue weighted by Crippen LogP contribution is -2.05. The average molecular weight is 365 g/mol. The van der Waals surface area contributed by atoms with E-state index < -0.39 is 0 Å². The van der Waals surface area contributed by atoms with E-state index in [4.69, 9.17) is 9.15 Å². The number of phenols is 1. The Hall–Kier alpha value is -2.95. The molecule has 0 atom stereocenters. The molecule has 2 N–H and O–H groups in total.